The van der Waals surface area contributed by atoms with E-state index in [-0.39, 0.29) is 23.9 Å². The molecule has 0 spiro atoms. The van der Waals surface area contributed by atoms with Gasteiger partial charge in [0.1, 0.15) is 23.9 Å². The molecule has 27 heavy (non-hydrogen) atoms. The Kier molecular flexibility index (Phi) is 12.7. The zero-order valence-electron chi connectivity index (χ0n) is 19.3. The predicted molar refractivity (Wildman–Crippen MR) is 113 cm³/mol. The van der Waals surface area contributed by atoms with Crippen LogP contribution in [-0.4, -0.2) is 80.9 Å². The van der Waals surface area contributed by atoms with Crippen LogP contribution in [0.2, 0.25) is 13.1 Å². The molecular formula is C18H43NO6Si2. The summed E-state index contributed by atoms with van der Waals surface area (Å²) in [6.45, 7) is 15.3. The third kappa shape index (κ3) is 7.16. The van der Waals surface area contributed by atoms with Crippen molar-refractivity contribution in [3.05, 3.63) is 0 Å². The van der Waals surface area contributed by atoms with Crippen molar-refractivity contribution in [2.75, 3.05) is 35.0 Å². The summed E-state index contributed by atoms with van der Waals surface area (Å²) in [5.41, 5.74) is -0.133. The molecule has 0 aliphatic heterocycles. The minimum absolute atomic E-state index is 0.0664. The van der Waals surface area contributed by atoms with Gasteiger partial charge in [0.15, 0.2) is 0 Å². The molecule has 0 N–H and O–H groups in total. The van der Waals surface area contributed by atoms with Gasteiger partial charge in [-0.2, -0.15) is 0 Å². The number of ether oxygens (including phenoxy) is 2. The number of rotatable bonds is 15. The van der Waals surface area contributed by atoms with E-state index < -0.39 is 17.1 Å². The van der Waals surface area contributed by atoms with Gasteiger partial charge in [-0.1, -0.05) is 20.8 Å². The maximum atomic E-state index is 6.38. The molecule has 0 saturated carbocycles. The molecule has 0 aliphatic rings. The molecule has 4 unspecified atom stereocenters. The third-order valence-electron chi connectivity index (χ3n) is 5.55. The summed E-state index contributed by atoms with van der Waals surface area (Å²) in [4.78, 5) is 2.19. The Bertz CT molecular complexity index is 362. The van der Waals surface area contributed by atoms with Crippen LogP contribution in [0.4, 0.5) is 0 Å². The van der Waals surface area contributed by atoms with Gasteiger partial charge in [0.25, 0.3) is 0 Å². The SMILES string of the molecule is CCC(OC(C)N(CC)C(C)OC(CC)[Si](C)(OC)OC)[Si](C)(OC)OC. The van der Waals surface area contributed by atoms with Crippen molar-refractivity contribution >= 4 is 17.1 Å². The lowest BCUT2D eigenvalue weighted by molar-refractivity contribution is -0.161. The lowest BCUT2D eigenvalue weighted by Gasteiger charge is -2.41. The standard InChI is InChI=1S/C18H43NO6Si2/c1-12-17(26(10,20-6)21-7)24-15(4)19(14-3)16(5)25-18(13-2)27(11,22-8)23-9/h15-18H,12-14H2,1-11H3. The van der Waals surface area contributed by atoms with Crippen molar-refractivity contribution in [2.24, 2.45) is 0 Å². The summed E-state index contributed by atoms with van der Waals surface area (Å²) >= 11 is 0. The van der Waals surface area contributed by atoms with Crippen LogP contribution in [-0.2, 0) is 27.2 Å². The van der Waals surface area contributed by atoms with Crippen LogP contribution in [0.15, 0.2) is 0 Å². The molecule has 164 valence electrons. The molecule has 0 saturated heterocycles. The normalized spacial score (nSPS) is 17.8. The van der Waals surface area contributed by atoms with Crippen molar-refractivity contribution < 1.29 is 27.2 Å². The topological polar surface area (TPSA) is 58.6 Å². The van der Waals surface area contributed by atoms with Crippen LogP contribution < -0.4 is 0 Å². The van der Waals surface area contributed by atoms with Gasteiger partial charge in [-0.15, -0.1) is 0 Å². The highest BCUT2D eigenvalue weighted by Gasteiger charge is 2.43. The molecule has 0 heterocycles. The fourth-order valence-electron chi connectivity index (χ4n) is 3.32. The molecule has 0 fully saturated rings. The Balaban J connectivity index is 5.21. The zero-order valence-corrected chi connectivity index (χ0v) is 21.3. The van der Waals surface area contributed by atoms with Crippen LogP contribution in [0.25, 0.3) is 0 Å². The second kappa shape index (κ2) is 12.7. The zero-order chi connectivity index (χ0) is 21.3. The van der Waals surface area contributed by atoms with E-state index in [2.05, 4.69) is 39.5 Å². The molecule has 0 rings (SSSR count). The molecule has 0 aromatic heterocycles. The average Bonchev–Trinajstić information content (AvgIpc) is 2.69. The Labute approximate surface area is 169 Å². The molecule has 0 aromatic rings. The predicted octanol–water partition coefficient (Wildman–Crippen LogP) is 3.40. The number of hydrogen-bond acceptors (Lipinski definition) is 7. The van der Waals surface area contributed by atoms with Gasteiger partial charge in [-0.25, -0.2) is 0 Å². The smallest absolute Gasteiger partial charge is 0.364 e. The summed E-state index contributed by atoms with van der Waals surface area (Å²) in [6, 6.07) is 0. The van der Waals surface area contributed by atoms with Crippen LogP contribution in [0, 0.1) is 0 Å². The summed E-state index contributed by atoms with van der Waals surface area (Å²) in [6.07, 6.45) is 1.39. The van der Waals surface area contributed by atoms with Crippen molar-refractivity contribution in [1.82, 2.24) is 4.90 Å². The molecule has 0 aromatic carbocycles. The van der Waals surface area contributed by atoms with Gasteiger partial charge in [0, 0.05) is 35.0 Å². The highest BCUT2D eigenvalue weighted by molar-refractivity contribution is 6.67. The fourth-order valence-corrected chi connectivity index (χ4v) is 7.07. The number of nitrogens with zero attached hydrogens (tertiary/aromatic N) is 1. The van der Waals surface area contributed by atoms with Gasteiger partial charge < -0.3 is 27.2 Å². The van der Waals surface area contributed by atoms with Crippen LogP contribution in [0.5, 0.6) is 0 Å². The second-order valence-corrected chi connectivity index (χ2v) is 13.9. The van der Waals surface area contributed by atoms with Crippen molar-refractivity contribution in [3.63, 3.8) is 0 Å². The lowest BCUT2D eigenvalue weighted by atomic mass is 10.4. The molecular weight excluding hydrogens is 382 g/mol. The minimum atomic E-state index is -2.39. The van der Waals surface area contributed by atoms with E-state index >= 15 is 0 Å². The first kappa shape index (κ1) is 27.2. The second-order valence-electron chi connectivity index (χ2n) is 6.94. The molecule has 0 aliphatic carbocycles. The molecule has 0 radical (unpaired) electrons. The molecule has 0 bridgehead atoms. The van der Waals surface area contributed by atoms with Crippen molar-refractivity contribution in [1.29, 1.82) is 0 Å². The quantitative estimate of drug-likeness (QED) is 0.294. The van der Waals surface area contributed by atoms with E-state index in [1.165, 1.54) is 0 Å². The molecule has 9 heteroatoms. The molecule has 0 amide bonds. The summed E-state index contributed by atoms with van der Waals surface area (Å²) in [5.74, 6) is 0. The Morgan fingerprint density at radius 1 is 0.667 bits per heavy atom. The van der Waals surface area contributed by atoms with E-state index in [0.717, 1.165) is 19.4 Å². The summed E-state index contributed by atoms with van der Waals surface area (Å²) in [5, 5.41) is 0. The van der Waals surface area contributed by atoms with Gasteiger partial charge >= 0.3 is 17.1 Å². The first-order valence-electron chi connectivity index (χ1n) is 9.89. The average molecular weight is 426 g/mol. The van der Waals surface area contributed by atoms with Gasteiger partial charge in [-0.05, 0) is 39.8 Å². The minimum Gasteiger partial charge on any atom is -0.396 e. The lowest BCUT2D eigenvalue weighted by Crippen LogP contribution is -2.56. The van der Waals surface area contributed by atoms with E-state index in [1.54, 1.807) is 28.4 Å². The molecule has 4 atom stereocenters. The maximum absolute atomic E-state index is 6.38. The largest absolute Gasteiger partial charge is 0.396 e. The summed E-state index contributed by atoms with van der Waals surface area (Å²) < 4.78 is 35.5. The van der Waals surface area contributed by atoms with E-state index in [0.29, 0.717) is 0 Å². The fraction of sp³-hybridized carbons (Fsp3) is 1.00. The third-order valence-corrected chi connectivity index (χ3v) is 12.2. The molecule has 7 nitrogen and oxygen atoms in total. The number of hydrogen-bond donors (Lipinski definition) is 0. The Morgan fingerprint density at radius 2 is 0.963 bits per heavy atom. The van der Waals surface area contributed by atoms with Gasteiger partial charge in [-0.3, -0.25) is 4.90 Å². The van der Waals surface area contributed by atoms with Crippen molar-refractivity contribution in [3.8, 4) is 0 Å². The van der Waals surface area contributed by atoms with Crippen LogP contribution in [0.1, 0.15) is 47.5 Å². The Morgan fingerprint density at radius 3 is 1.15 bits per heavy atom. The highest BCUT2D eigenvalue weighted by atomic mass is 28.4. The van der Waals surface area contributed by atoms with Gasteiger partial charge in [0.05, 0.1) is 0 Å². The van der Waals surface area contributed by atoms with Crippen LogP contribution >= 0.6 is 0 Å². The monoisotopic (exact) mass is 425 g/mol. The first-order chi connectivity index (χ1) is 12.6. The van der Waals surface area contributed by atoms with E-state index in [9.17, 15) is 0 Å². The highest BCUT2D eigenvalue weighted by Crippen LogP contribution is 2.23. The Hall–Kier alpha value is 0.154. The van der Waals surface area contributed by atoms with E-state index in [4.69, 9.17) is 27.2 Å². The van der Waals surface area contributed by atoms with Gasteiger partial charge in [0.2, 0.25) is 0 Å². The van der Waals surface area contributed by atoms with E-state index in [1.807, 2.05) is 13.1 Å². The first-order valence-corrected chi connectivity index (χ1v) is 14.7. The van der Waals surface area contributed by atoms with Crippen LogP contribution in [0.3, 0.4) is 0 Å². The van der Waals surface area contributed by atoms with Crippen molar-refractivity contribution in [2.45, 2.75) is 84.5 Å². The summed E-state index contributed by atoms with van der Waals surface area (Å²) in [7, 11) is 2.02. The maximum Gasteiger partial charge on any atom is 0.364 e.